The molecule has 1 fully saturated rings. The molecule has 0 spiro atoms. The van der Waals surface area contributed by atoms with Crippen molar-refractivity contribution < 1.29 is 9.59 Å². The SMILES string of the molecule is CN(C)c1ccc(NC(=O)CSc2ccccc2)cc1C(=O)N1CCCCC1. The second kappa shape index (κ2) is 9.64. The third kappa shape index (κ3) is 5.29. The molecule has 1 saturated heterocycles. The number of nitrogens with zero attached hydrogens (tertiary/aromatic N) is 2. The molecule has 0 bridgehead atoms. The third-order valence-electron chi connectivity index (χ3n) is 4.75. The Labute approximate surface area is 171 Å². The highest BCUT2D eigenvalue weighted by molar-refractivity contribution is 8.00. The standard InChI is InChI=1S/C22H27N3O2S/c1-24(2)20-12-11-17(15-19(20)22(27)25-13-7-4-8-14-25)23-21(26)16-28-18-9-5-3-6-10-18/h3,5-6,9-12,15H,4,7-8,13-14,16H2,1-2H3,(H,23,26). The van der Waals surface area contributed by atoms with Gasteiger partial charge in [-0.05, 0) is 49.6 Å². The highest BCUT2D eigenvalue weighted by atomic mass is 32.2. The van der Waals surface area contributed by atoms with Gasteiger partial charge in [-0.1, -0.05) is 18.2 Å². The molecule has 6 heteroatoms. The van der Waals surface area contributed by atoms with E-state index in [1.807, 2.05) is 66.4 Å². The normalized spacial score (nSPS) is 13.9. The van der Waals surface area contributed by atoms with Gasteiger partial charge in [-0.3, -0.25) is 9.59 Å². The minimum Gasteiger partial charge on any atom is -0.377 e. The van der Waals surface area contributed by atoms with E-state index in [-0.39, 0.29) is 11.8 Å². The molecule has 5 nitrogen and oxygen atoms in total. The number of thioether (sulfide) groups is 1. The molecule has 0 radical (unpaired) electrons. The summed E-state index contributed by atoms with van der Waals surface area (Å²) in [7, 11) is 3.86. The summed E-state index contributed by atoms with van der Waals surface area (Å²) >= 11 is 1.49. The number of benzene rings is 2. The summed E-state index contributed by atoms with van der Waals surface area (Å²) in [6.07, 6.45) is 3.28. The van der Waals surface area contributed by atoms with Crippen molar-refractivity contribution in [1.29, 1.82) is 0 Å². The quantitative estimate of drug-likeness (QED) is 0.746. The lowest BCUT2D eigenvalue weighted by Gasteiger charge is -2.28. The lowest BCUT2D eigenvalue weighted by molar-refractivity contribution is -0.113. The maximum atomic E-state index is 13.1. The first-order valence-electron chi connectivity index (χ1n) is 9.63. The van der Waals surface area contributed by atoms with Crippen LogP contribution in [0.15, 0.2) is 53.4 Å². The highest BCUT2D eigenvalue weighted by Gasteiger charge is 2.22. The molecule has 0 atom stereocenters. The predicted molar refractivity (Wildman–Crippen MR) is 116 cm³/mol. The fourth-order valence-corrected chi connectivity index (χ4v) is 4.02. The Hall–Kier alpha value is -2.47. The van der Waals surface area contributed by atoms with Crippen molar-refractivity contribution in [2.24, 2.45) is 0 Å². The number of likely N-dealkylation sites (tertiary alicyclic amines) is 1. The van der Waals surface area contributed by atoms with E-state index < -0.39 is 0 Å². The number of hydrogen-bond acceptors (Lipinski definition) is 4. The van der Waals surface area contributed by atoms with Crippen LogP contribution in [0.25, 0.3) is 0 Å². The number of anilines is 2. The zero-order valence-electron chi connectivity index (χ0n) is 16.5. The number of piperidine rings is 1. The van der Waals surface area contributed by atoms with Crippen molar-refractivity contribution in [3.05, 3.63) is 54.1 Å². The summed E-state index contributed by atoms with van der Waals surface area (Å²) in [4.78, 5) is 30.3. The van der Waals surface area contributed by atoms with Crippen molar-refractivity contribution in [3.63, 3.8) is 0 Å². The molecule has 1 N–H and O–H groups in total. The highest BCUT2D eigenvalue weighted by Crippen LogP contribution is 2.26. The van der Waals surface area contributed by atoms with Gasteiger partial charge in [0.2, 0.25) is 5.91 Å². The topological polar surface area (TPSA) is 52.7 Å². The van der Waals surface area contributed by atoms with Crippen LogP contribution in [0.2, 0.25) is 0 Å². The Morgan fingerprint density at radius 1 is 1.04 bits per heavy atom. The lowest BCUT2D eigenvalue weighted by Crippen LogP contribution is -2.36. The summed E-state index contributed by atoms with van der Waals surface area (Å²) in [6, 6.07) is 15.4. The van der Waals surface area contributed by atoms with Gasteiger partial charge in [0.05, 0.1) is 11.3 Å². The van der Waals surface area contributed by atoms with Crippen LogP contribution in [-0.2, 0) is 4.79 Å². The van der Waals surface area contributed by atoms with Gasteiger partial charge in [0.25, 0.3) is 5.91 Å². The maximum absolute atomic E-state index is 13.1. The van der Waals surface area contributed by atoms with Crippen molar-refractivity contribution in [1.82, 2.24) is 4.90 Å². The molecule has 2 aromatic rings. The molecule has 2 amide bonds. The summed E-state index contributed by atoms with van der Waals surface area (Å²) in [5, 5.41) is 2.93. The van der Waals surface area contributed by atoms with E-state index in [1.54, 1.807) is 6.07 Å². The van der Waals surface area contributed by atoms with E-state index >= 15 is 0 Å². The fraction of sp³-hybridized carbons (Fsp3) is 0.364. The van der Waals surface area contributed by atoms with Crippen LogP contribution >= 0.6 is 11.8 Å². The monoisotopic (exact) mass is 397 g/mol. The molecule has 0 saturated carbocycles. The van der Waals surface area contributed by atoms with Gasteiger partial charge in [0.15, 0.2) is 0 Å². The Balaban J connectivity index is 1.71. The van der Waals surface area contributed by atoms with E-state index in [2.05, 4.69) is 5.32 Å². The molecule has 148 valence electrons. The van der Waals surface area contributed by atoms with Crippen LogP contribution in [0.5, 0.6) is 0 Å². The molecule has 2 aromatic carbocycles. The summed E-state index contributed by atoms with van der Waals surface area (Å²) in [5.41, 5.74) is 2.16. The summed E-state index contributed by atoms with van der Waals surface area (Å²) < 4.78 is 0. The van der Waals surface area contributed by atoms with Gasteiger partial charge in [-0.2, -0.15) is 0 Å². The average Bonchev–Trinajstić information content (AvgIpc) is 2.73. The summed E-state index contributed by atoms with van der Waals surface area (Å²) in [5.74, 6) is 0.287. The van der Waals surface area contributed by atoms with Crippen LogP contribution in [0.3, 0.4) is 0 Å². The van der Waals surface area contributed by atoms with E-state index in [9.17, 15) is 9.59 Å². The molecule has 1 aliphatic heterocycles. The zero-order chi connectivity index (χ0) is 19.9. The van der Waals surface area contributed by atoms with E-state index in [0.717, 1.165) is 36.5 Å². The second-order valence-corrected chi connectivity index (χ2v) is 8.18. The molecule has 0 aromatic heterocycles. The average molecular weight is 398 g/mol. The number of carbonyl (C=O) groups excluding carboxylic acids is 2. The van der Waals surface area contributed by atoms with Gasteiger partial charge >= 0.3 is 0 Å². The maximum Gasteiger partial charge on any atom is 0.256 e. The minimum atomic E-state index is -0.0807. The van der Waals surface area contributed by atoms with E-state index in [4.69, 9.17) is 0 Å². The smallest absolute Gasteiger partial charge is 0.256 e. The Kier molecular flexibility index (Phi) is 6.98. The Morgan fingerprint density at radius 3 is 2.43 bits per heavy atom. The molecule has 0 aliphatic carbocycles. The second-order valence-electron chi connectivity index (χ2n) is 7.13. The predicted octanol–water partition coefficient (Wildman–Crippen LogP) is 4.11. The minimum absolute atomic E-state index is 0.0400. The molecule has 1 heterocycles. The number of carbonyl (C=O) groups is 2. The van der Waals surface area contributed by atoms with Crippen LogP contribution in [0.4, 0.5) is 11.4 Å². The van der Waals surface area contributed by atoms with E-state index in [1.165, 1.54) is 18.2 Å². The number of hydrogen-bond donors (Lipinski definition) is 1. The van der Waals surface area contributed by atoms with Gasteiger partial charge < -0.3 is 15.1 Å². The molecule has 3 rings (SSSR count). The zero-order valence-corrected chi connectivity index (χ0v) is 17.3. The molecule has 1 aliphatic rings. The Bertz CT molecular complexity index is 818. The Morgan fingerprint density at radius 2 is 1.75 bits per heavy atom. The van der Waals surface area contributed by atoms with Gasteiger partial charge in [0.1, 0.15) is 0 Å². The summed E-state index contributed by atoms with van der Waals surface area (Å²) in [6.45, 7) is 1.60. The number of nitrogens with one attached hydrogen (secondary N) is 1. The number of amides is 2. The fourth-order valence-electron chi connectivity index (χ4n) is 3.31. The lowest BCUT2D eigenvalue weighted by atomic mass is 10.1. The van der Waals surface area contributed by atoms with E-state index in [0.29, 0.717) is 17.0 Å². The largest absolute Gasteiger partial charge is 0.377 e. The molecular formula is C22H27N3O2S. The van der Waals surface area contributed by atoms with Gasteiger partial charge in [0, 0.05) is 43.5 Å². The van der Waals surface area contributed by atoms with Gasteiger partial charge in [-0.25, -0.2) is 0 Å². The first-order valence-corrected chi connectivity index (χ1v) is 10.6. The van der Waals surface area contributed by atoms with Crippen LogP contribution in [-0.4, -0.2) is 49.7 Å². The van der Waals surface area contributed by atoms with Crippen LogP contribution < -0.4 is 10.2 Å². The van der Waals surface area contributed by atoms with Crippen molar-refractivity contribution in [2.75, 3.05) is 43.2 Å². The van der Waals surface area contributed by atoms with Crippen molar-refractivity contribution >= 4 is 35.0 Å². The van der Waals surface area contributed by atoms with Crippen molar-refractivity contribution in [3.8, 4) is 0 Å². The first kappa shape index (κ1) is 20.3. The first-order chi connectivity index (χ1) is 13.5. The number of rotatable bonds is 6. The van der Waals surface area contributed by atoms with Crippen LogP contribution in [0, 0.1) is 0 Å². The third-order valence-corrected chi connectivity index (χ3v) is 5.76. The van der Waals surface area contributed by atoms with Crippen LogP contribution in [0.1, 0.15) is 29.6 Å². The molecule has 0 unspecified atom stereocenters. The van der Waals surface area contributed by atoms with Gasteiger partial charge in [-0.15, -0.1) is 11.8 Å². The molecule has 28 heavy (non-hydrogen) atoms. The van der Waals surface area contributed by atoms with Crippen molar-refractivity contribution in [2.45, 2.75) is 24.2 Å². The molecular weight excluding hydrogens is 370 g/mol.